The van der Waals surface area contributed by atoms with E-state index in [1.807, 2.05) is 36.4 Å². The lowest BCUT2D eigenvalue weighted by Crippen LogP contribution is -2.07. The summed E-state index contributed by atoms with van der Waals surface area (Å²) in [5, 5.41) is 4.45. The molecule has 13 rings (SSSR count). The highest BCUT2D eigenvalue weighted by atomic mass is 16.3. The van der Waals surface area contributed by atoms with Crippen LogP contribution in [0.5, 0.6) is 0 Å². The molecule has 0 bridgehead atoms. The topological polar surface area (TPSA) is 74.6 Å². The van der Waals surface area contributed by atoms with Crippen molar-refractivity contribution < 1.29 is 4.42 Å². The average Bonchev–Trinajstić information content (AvgIpc) is 4.07. The molecule has 0 spiro atoms. The highest BCUT2D eigenvalue weighted by molar-refractivity contribution is 6.23. The molecule has 4 heterocycles. The van der Waals surface area contributed by atoms with Crippen LogP contribution in [0.1, 0.15) is 0 Å². The van der Waals surface area contributed by atoms with E-state index in [0.717, 1.165) is 93.8 Å². The van der Waals surface area contributed by atoms with E-state index in [1.54, 1.807) is 0 Å². The van der Waals surface area contributed by atoms with Crippen LogP contribution in [0.25, 0.3) is 123 Å². The smallest absolute Gasteiger partial charge is 0.238 e. The van der Waals surface area contributed by atoms with Crippen LogP contribution in [-0.4, -0.2) is 29.1 Å². The van der Waals surface area contributed by atoms with Crippen LogP contribution in [-0.2, 0) is 0 Å². The standard InChI is InChI=1S/C58H36N6O/c1-4-15-37(16-5-1)39-27-29-41(30-28-39)57-59-49-36-44(31-34-52(49)65-57)63-50-25-12-10-23-45(50)47-32-33-48-46-24-11-13-26-51(46)64(54(48)53(47)63)58-61-55(40-19-8-3-9-20-40)60-56(62-58)43-22-14-21-42(35-43)38-17-6-2-7-18-38/h1-36H. The van der Waals surface area contributed by atoms with Gasteiger partial charge in [-0.25, -0.2) is 9.97 Å². The molecule has 0 radical (unpaired) electrons. The highest BCUT2D eigenvalue weighted by Gasteiger charge is 2.24. The van der Waals surface area contributed by atoms with E-state index < -0.39 is 0 Å². The van der Waals surface area contributed by atoms with Crippen molar-refractivity contribution in [3.05, 3.63) is 218 Å². The molecule has 0 aliphatic carbocycles. The van der Waals surface area contributed by atoms with Crippen LogP contribution in [0.2, 0.25) is 0 Å². The lowest BCUT2D eigenvalue weighted by atomic mass is 10.0. The summed E-state index contributed by atoms with van der Waals surface area (Å²) in [5.41, 5.74) is 13.8. The second kappa shape index (κ2) is 14.9. The van der Waals surface area contributed by atoms with Gasteiger partial charge in [-0.1, -0.05) is 170 Å². The minimum Gasteiger partial charge on any atom is -0.436 e. The summed E-state index contributed by atoms with van der Waals surface area (Å²) in [4.78, 5) is 20.9. The molecule has 0 atom stereocenters. The molecule has 304 valence electrons. The normalized spacial score (nSPS) is 11.7. The number of nitrogens with zero attached hydrogens (tertiary/aromatic N) is 6. The maximum Gasteiger partial charge on any atom is 0.238 e. The maximum absolute atomic E-state index is 6.41. The van der Waals surface area contributed by atoms with Crippen molar-refractivity contribution in [3.8, 4) is 68.1 Å². The second-order valence-electron chi connectivity index (χ2n) is 16.3. The fraction of sp³-hybridized carbons (Fsp3) is 0. The Hall–Kier alpha value is -8.94. The van der Waals surface area contributed by atoms with E-state index in [2.05, 4.69) is 191 Å². The van der Waals surface area contributed by atoms with E-state index in [1.165, 1.54) is 5.56 Å². The summed E-state index contributed by atoms with van der Waals surface area (Å²) in [6.45, 7) is 0. The van der Waals surface area contributed by atoms with Crippen molar-refractivity contribution in [1.29, 1.82) is 0 Å². The summed E-state index contributed by atoms with van der Waals surface area (Å²) < 4.78 is 11.0. The molecule has 13 aromatic rings. The lowest BCUT2D eigenvalue weighted by Gasteiger charge is -2.13. The third-order valence-corrected chi connectivity index (χ3v) is 12.4. The molecular formula is C58H36N6O. The Morgan fingerprint density at radius 1 is 0.323 bits per heavy atom. The van der Waals surface area contributed by atoms with Gasteiger partial charge >= 0.3 is 0 Å². The number of oxazole rings is 1. The van der Waals surface area contributed by atoms with E-state index in [0.29, 0.717) is 23.5 Å². The Morgan fingerprint density at radius 2 is 0.831 bits per heavy atom. The van der Waals surface area contributed by atoms with Crippen LogP contribution >= 0.6 is 0 Å². The van der Waals surface area contributed by atoms with Crippen LogP contribution in [0, 0.1) is 0 Å². The average molecular weight is 833 g/mol. The summed E-state index contributed by atoms with van der Waals surface area (Å²) in [6, 6.07) is 75.7. The zero-order chi connectivity index (χ0) is 42.8. The lowest BCUT2D eigenvalue weighted by molar-refractivity contribution is 0.620. The van der Waals surface area contributed by atoms with Crippen LogP contribution < -0.4 is 0 Å². The number of fused-ring (bicyclic) bond motifs is 8. The Kier molecular flexibility index (Phi) is 8.39. The molecule has 65 heavy (non-hydrogen) atoms. The first kappa shape index (κ1) is 36.7. The van der Waals surface area contributed by atoms with Gasteiger partial charge in [-0.3, -0.25) is 4.57 Å². The first-order valence-electron chi connectivity index (χ1n) is 21.7. The molecular weight excluding hydrogens is 797 g/mol. The molecule has 0 saturated heterocycles. The van der Waals surface area contributed by atoms with Crippen molar-refractivity contribution in [2.24, 2.45) is 0 Å². The minimum atomic E-state index is 0.532. The van der Waals surface area contributed by atoms with Crippen LogP contribution in [0.3, 0.4) is 0 Å². The van der Waals surface area contributed by atoms with Gasteiger partial charge in [0, 0.05) is 43.9 Å². The third kappa shape index (κ3) is 6.13. The van der Waals surface area contributed by atoms with Gasteiger partial charge in [-0.15, -0.1) is 0 Å². The number of benzene rings is 9. The number of para-hydroxylation sites is 2. The molecule has 4 aromatic heterocycles. The zero-order valence-electron chi connectivity index (χ0n) is 34.9. The molecule has 0 saturated carbocycles. The van der Waals surface area contributed by atoms with Crippen molar-refractivity contribution in [3.63, 3.8) is 0 Å². The molecule has 9 aromatic carbocycles. The predicted octanol–water partition coefficient (Wildman–Crippen LogP) is 14.5. The molecule has 0 aliphatic heterocycles. The quantitative estimate of drug-likeness (QED) is 0.160. The summed E-state index contributed by atoms with van der Waals surface area (Å²) >= 11 is 0. The first-order valence-corrected chi connectivity index (χ1v) is 21.7. The molecule has 0 fully saturated rings. The number of hydrogen-bond donors (Lipinski definition) is 0. The number of hydrogen-bond acceptors (Lipinski definition) is 5. The Balaban J connectivity index is 1.04. The van der Waals surface area contributed by atoms with Crippen molar-refractivity contribution in [1.82, 2.24) is 29.1 Å². The van der Waals surface area contributed by atoms with Gasteiger partial charge in [0.2, 0.25) is 11.8 Å². The summed E-state index contributed by atoms with van der Waals surface area (Å²) in [6.07, 6.45) is 0. The third-order valence-electron chi connectivity index (χ3n) is 12.4. The van der Waals surface area contributed by atoms with Gasteiger partial charge in [0.1, 0.15) is 5.52 Å². The van der Waals surface area contributed by atoms with Crippen molar-refractivity contribution in [2.45, 2.75) is 0 Å². The monoisotopic (exact) mass is 832 g/mol. The Bertz CT molecular complexity index is 3930. The second-order valence-corrected chi connectivity index (χ2v) is 16.3. The molecule has 0 aliphatic rings. The van der Waals surface area contributed by atoms with E-state index in [-0.39, 0.29) is 0 Å². The maximum atomic E-state index is 6.41. The van der Waals surface area contributed by atoms with Gasteiger partial charge in [0.25, 0.3) is 0 Å². The Labute approximate surface area is 373 Å². The minimum absolute atomic E-state index is 0.532. The van der Waals surface area contributed by atoms with Crippen molar-refractivity contribution >= 4 is 54.7 Å². The van der Waals surface area contributed by atoms with Gasteiger partial charge in [-0.05, 0) is 70.8 Å². The summed E-state index contributed by atoms with van der Waals surface area (Å²) in [5.74, 6) is 2.30. The van der Waals surface area contributed by atoms with Gasteiger partial charge in [-0.2, -0.15) is 9.97 Å². The molecule has 7 heteroatoms. The first-order chi connectivity index (χ1) is 32.2. The van der Waals surface area contributed by atoms with Gasteiger partial charge in [0.15, 0.2) is 17.2 Å². The van der Waals surface area contributed by atoms with Crippen LogP contribution in [0.15, 0.2) is 223 Å². The molecule has 0 N–H and O–H groups in total. The van der Waals surface area contributed by atoms with Crippen LogP contribution in [0.4, 0.5) is 0 Å². The molecule has 7 nitrogen and oxygen atoms in total. The number of rotatable bonds is 7. The Morgan fingerprint density at radius 3 is 1.51 bits per heavy atom. The largest absolute Gasteiger partial charge is 0.436 e. The SMILES string of the molecule is c1ccc(-c2ccc(-c3nc4cc(-n5c6ccccc6c6ccc7c8ccccc8n(-c8nc(-c9ccccc9)nc(-c9cccc(-c%10ccccc%10)c9)n8)c7c65)ccc4o3)cc2)cc1. The molecule has 0 amide bonds. The van der Waals surface area contributed by atoms with Gasteiger partial charge in [0.05, 0.1) is 22.1 Å². The fourth-order valence-electron chi connectivity index (χ4n) is 9.37. The van der Waals surface area contributed by atoms with E-state index >= 15 is 0 Å². The highest BCUT2D eigenvalue weighted by Crippen LogP contribution is 2.42. The van der Waals surface area contributed by atoms with Crippen molar-refractivity contribution in [2.75, 3.05) is 0 Å². The van der Waals surface area contributed by atoms with Gasteiger partial charge < -0.3 is 8.98 Å². The molecule has 0 unspecified atom stereocenters. The zero-order valence-corrected chi connectivity index (χ0v) is 34.9. The van der Waals surface area contributed by atoms with E-state index in [4.69, 9.17) is 24.4 Å². The summed E-state index contributed by atoms with van der Waals surface area (Å²) in [7, 11) is 0. The number of aromatic nitrogens is 6. The predicted molar refractivity (Wildman–Crippen MR) is 263 cm³/mol. The van der Waals surface area contributed by atoms with E-state index in [9.17, 15) is 0 Å². The fourth-order valence-corrected chi connectivity index (χ4v) is 9.37.